The lowest BCUT2D eigenvalue weighted by Crippen LogP contribution is -2.25. The lowest BCUT2D eigenvalue weighted by molar-refractivity contribution is 0.686. The molecule has 0 amide bonds. The van der Waals surface area contributed by atoms with Crippen molar-refractivity contribution in [3.8, 4) is 0 Å². The number of anilines is 1. The number of nitrogens with zero attached hydrogens (tertiary/aromatic N) is 1. The van der Waals surface area contributed by atoms with Gasteiger partial charge in [0.25, 0.3) is 0 Å². The minimum Gasteiger partial charge on any atom is -0.369 e. The van der Waals surface area contributed by atoms with E-state index in [9.17, 15) is 0 Å². The molecule has 2 nitrogen and oxygen atoms in total. The zero-order chi connectivity index (χ0) is 12.5. The Morgan fingerprint density at radius 2 is 2.06 bits per heavy atom. The molecule has 1 aromatic carbocycles. The Kier molecular flexibility index (Phi) is 3.62. The van der Waals surface area contributed by atoms with Crippen molar-refractivity contribution < 1.29 is 0 Å². The molecule has 18 heavy (non-hydrogen) atoms. The second kappa shape index (κ2) is 5.22. The Morgan fingerprint density at radius 3 is 2.61 bits per heavy atom. The highest BCUT2D eigenvalue weighted by atomic mass is 79.9. The van der Waals surface area contributed by atoms with Gasteiger partial charge in [-0.15, -0.1) is 0 Å². The van der Waals surface area contributed by atoms with Gasteiger partial charge in [-0.1, -0.05) is 22.0 Å². The third-order valence-corrected chi connectivity index (χ3v) is 4.59. The summed E-state index contributed by atoms with van der Waals surface area (Å²) in [5.41, 5.74) is 2.74. The van der Waals surface area contributed by atoms with Crippen LogP contribution in [0.4, 0.5) is 5.69 Å². The van der Waals surface area contributed by atoms with Crippen molar-refractivity contribution >= 4 is 21.6 Å². The fourth-order valence-corrected chi connectivity index (χ4v) is 2.94. The molecule has 0 heterocycles. The predicted octanol–water partition coefficient (Wildman–Crippen LogP) is 3.69. The maximum Gasteiger partial charge on any atom is 0.0380 e. The van der Waals surface area contributed by atoms with Crippen LogP contribution in [0.25, 0.3) is 0 Å². The van der Waals surface area contributed by atoms with E-state index in [0.717, 1.165) is 25.2 Å². The van der Waals surface area contributed by atoms with Crippen molar-refractivity contribution in [3.05, 3.63) is 28.2 Å². The average Bonchev–Trinajstić information content (AvgIpc) is 3.23. The first-order valence-electron chi connectivity index (χ1n) is 7.06. The molecule has 3 heteroatoms. The fraction of sp³-hybridized carbons (Fsp3) is 0.600. The van der Waals surface area contributed by atoms with Crippen molar-refractivity contribution in [1.29, 1.82) is 0 Å². The molecule has 1 N–H and O–H groups in total. The van der Waals surface area contributed by atoms with Crippen LogP contribution in [-0.4, -0.2) is 18.6 Å². The van der Waals surface area contributed by atoms with E-state index in [-0.39, 0.29) is 0 Å². The highest BCUT2D eigenvalue weighted by molar-refractivity contribution is 9.10. The summed E-state index contributed by atoms with van der Waals surface area (Å²) in [4.78, 5) is 2.52. The normalized spacial score (nSPS) is 19.0. The number of hydrogen-bond acceptors (Lipinski definition) is 2. The molecule has 2 saturated carbocycles. The third-order valence-electron chi connectivity index (χ3n) is 3.86. The molecule has 0 aliphatic heterocycles. The predicted molar refractivity (Wildman–Crippen MR) is 80.0 cm³/mol. The van der Waals surface area contributed by atoms with Crippen LogP contribution in [-0.2, 0) is 6.54 Å². The van der Waals surface area contributed by atoms with Gasteiger partial charge in [-0.25, -0.2) is 0 Å². The van der Waals surface area contributed by atoms with Crippen molar-refractivity contribution in [2.45, 2.75) is 51.2 Å². The first kappa shape index (κ1) is 12.5. The van der Waals surface area contributed by atoms with E-state index in [4.69, 9.17) is 0 Å². The molecule has 0 radical (unpaired) electrons. The minimum atomic E-state index is 0.773. The Hall–Kier alpha value is -0.540. The van der Waals surface area contributed by atoms with Crippen LogP contribution < -0.4 is 10.2 Å². The number of halogens is 1. The van der Waals surface area contributed by atoms with E-state index in [0.29, 0.717) is 0 Å². The third kappa shape index (κ3) is 2.89. The first-order valence-corrected chi connectivity index (χ1v) is 7.85. The van der Waals surface area contributed by atoms with Crippen molar-refractivity contribution in [2.24, 2.45) is 0 Å². The molecule has 1 aromatic rings. The zero-order valence-corrected chi connectivity index (χ0v) is 12.5. The van der Waals surface area contributed by atoms with Gasteiger partial charge < -0.3 is 10.2 Å². The molecular formula is C15H21BrN2. The largest absolute Gasteiger partial charge is 0.369 e. The summed E-state index contributed by atoms with van der Waals surface area (Å²) in [6, 6.07) is 8.38. The average molecular weight is 309 g/mol. The Bertz CT molecular complexity index is 425. The number of nitrogens with one attached hydrogen (secondary N) is 1. The molecular weight excluding hydrogens is 288 g/mol. The second-order valence-corrected chi connectivity index (χ2v) is 6.30. The van der Waals surface area contributed by atoms with Crippen LogP contribution in [0.15, 0.2) is 22.7 Å². The Labute approximate surface area is 118 Å². The van der Waals surface area contributed by atoms with Crippen LogP contribution in [0, 0.1) is 0 Å². The van der Waals surface area contributed by atoms with Gasteiger partial charge in [0.2, 0.25) is 0 Å². The maximum absolute atomic E-state index is 3.72. The number of hydrogen-bond donors (Lipinski definition) is 1. The van der Waals surface area contributed by atoms with E-state index in [2.05, 4.69) is 51.3 Å². The summed E-state index contributed by atoms with van der Waals surface area (Å²) in [5, 5.41) is 3.57. The SMILES string of the molecule is CCN(c1ccc(CNC2CC2)c(Br)c1)C1CC1. The van der Waals surface area contributed by atoms with E-state index in [1.54, 1.807) is 0 Å². The molecule has 2 fully saturated rings. The monoisotopic (exact) mass is 308 g/mol. The maximum atomic E-state index is 3.72. The molecule has 3 rings (SSSR count). The summed E-state index contributed by atoms with van der Waals surface area (Å²) in [5.74, 6) is 0. The summed E-state index contributed by atoms with van der Waals surface area (Å²) in [7, 11) is 0. The standard InChI is InChI=1S/C15H21BrN2/c1-2-18(13-7-8-13)14-6-3-11(15(16)9-14)10-17-12-4-5-12/h3,6,9,12-13,17H,2,4-5,7-8,10H2,1H3. The summed E-state index contributed by atoms with van der Waals surface area (Å²) < 4.78 is 1.24. The highest BCUT2D eigenvalue weighted by Gasteiger charge is 2.28. The zero-order valence-electron chi connectivity index (χ0n) is 11.0. The van der Waals surface area contributed by atoms with Crippen molar-refractivity contribution in [1.82, 2.24) is 5.32 Å². The van der Waals surface area contributed by atoms with E-state index in [1.165, 1.54) is 41.4 Å². The van der Waals surface area contributed by atoms with Gasteiger partial charge in [0, 0.05) is 35.3 Å². The second-order valence-electron chi connectivity index (χ2n) is 5.45. The van der Waals surface area contributed by atoms with Crippen LogP contribution in [0.1, 0.15) is 38.2 Å². The molecule has 0 spiro atoms. The molecule has 0 bridgehead atoms. The van der Waals surface area contributed by atoms with Gasteiger partial charge in [0.05, 0.1) is 0 Å². The lowest BCUT2D eigenvalue weighted by Gasteiger charge is -2.23. The van der Waals surface area contributed by atoms with E-state index >= 15 is 0 Å². The summed E-state index contributed by atoms with van der Waals surface area (Å²) in [6.45, 7) is 4.34. The van der Waals surface area contributed by atoms with Gasteiger partial charge in [-0.3, -0.25) is 0 Å². The van der Waals surface area contributed by atoms with Gasteiger partial charge in [0.15, 0.2) is 0 Å². The molecule has 2 aliphatic rings. The van der Waals surface area contributed by atoms with Crippen LogP contribution in [0.2, 0.25) is 0 Å². The van der Waals surface area contributed by atoms with Crippen LogP contribution >= 0.6 is 15.9 Å². The quantitative estimate of drug-likeness (QED) is 0.862. The fourth-order valence-electron chi connectivity index (χ4n) is 2.44. The van der Waals surface area contributed by atoms with Gasteiger partial charge in [-0.2, -0.15) is 0 Å². The summed E-state index contributed by atoms with van der Waals surface area (Å²) in [6.07, 6.45) is 5.41. The Balaban J connectivity index is 1.70. The minimum absolute atomic E-state index is 0.773. The molecule has 0 saturated heterocycles. The van der Waals surface area contributed by atoms with Crippen LogP contribution in [0.3, 0.4) is 0 Å². The lowest BCUT2D eigenvalue weighted by atomic mass is 10.2. The molecule has 0 aromatic heterocycles. The van der Waals surface area contributed by atoms with Gasteiger partial charge >= 0.3 is 0 Å². The number of rotatable bonds is 6. The van der Waals surface area contributed by atoms with Gasteiger partial charge in [-0.05, 0) is 50.3 Å². The smallest absolute Gasteiger partial charge is 0.0380 e. The molecule has 2 aliphatic carbocycles. The first-order chi connectivity index (χ1) is 8.78. The molecule has 98 valence electrons. The Morgan fingerprint density at radius 1 is 1.28 bits per heavy atom. The molecule has 0 unspecified atom stereocenters. The highest BCUT2D eigenvalue weighted by Crippen LogP contribution is 2.33. The van der Waals surface area contributed by atoms with Gasteiger partial charge in [0.1, 0.15) is 0 Å². The van der Waals surface area contributed by atoms with E-state index in [1.807, 2.05) is 0 Å². The van der Waals surface area contributed by atoms with Crippen LogP contribution in [0.5, 0.6) is 0 Å². The molecule has 0 atom stereocenters. The topological polar surface area (TPSA) is 15.3 Å². The number of benzene rings is 1. The van der Waals surface area contributed by atoms with Crippen molar-refractivity contribution in [3.63, 3.8) is 0 Å². The van der Waals surface area contributed by atoms with E-state index < -0.39 is 0 Å². The van der Waals surface area contributed by atoms with Crippen molar-refractivity contribution in [2.75, 3.05) is 11.4 Å². The summed E-state index contributed by atoms with van der Waals surface area (Å²) >= 11 is 3.72.